The first kappa shape index (κ1) is 14.2. The quantitative estimate of drug-likeness (QED) is 0.654. The van der Waals surface area contributed by atoms with Crippen molar-refractivity contribution in [3.63, 3.8) is 0 Å². The van der Waals surface area contributed by atoms with Crippen LogP contribution in [0.25, 0.3) is 0 Å². The largest absolute Gasteiger partial charge is 0.271 e. The fraction of sp³-hybridized carbons (Fsp3) is 0.385. The topological polar surface area (TPSA) is 68.8 Å². The third-order valence-electron chi connectivity index (χ3n) is 2.98. The molecule has 0 saturated carbocycles. The minimum atomic E-state index is -0.128. The van der Waals surface area contributed by atoms with Crippen LogP contribution in [0.3, 0.4) is 0 Å². The molecule has 0 aliphatic rings. The van der Waals surface area contributed by atoms with Crippen molar-refractivity contribution in [3.8, 4) is 0 Å². The van der Waals surface area contributed by atoms with Gasteiger partial charge in [0, 0.05) is 18.4 Å². The normalized spacial score (nSPS) is 12.6. The number of nitrogens with two attached hydrogens (primary N) is 1. The zero-order chi connectivity index (χ0) is 13.8. The summed E-state index contributed by atoms with van der Waals surface area (Å²) in [4.78, 5) is 4.32. The van der Waals surface area contributed by atoms with Crippen LogP contribution in [0.1, 0.15) is 36.3 Å². The lowest BCUT2D eigenvalue weighted by Crippen LogP contribution is -2.31. The summed E-state index contributed by atoms with van der Waals surface area (Å²) >= 11 is 3.54. The maximum Gasteiger partial charge on any atom is 0.0904 e. The lowest BCUT2D eigenvalue weighted by Gasteiger charge is -2.18. The Labute approximate surface area is 121 Å². The zero-order valence-corrected chi connectivity index (χ0v) is 12.7. The van der Waals surface area contributed by atoms with Crippen LogP contribution in [0, 0.1) is 6.92 Å². The molecule has 5 nitrogen and oxygen atoms in total. The molecule has 1 atom stereocenters. The van der Waals surface area contributed by atoms with Crippen molar-refractivity contribution in [2.45, 2.75) is 32.9 Å². The van der Waals surface area contributed by atoms with Gasteiger partial charge in [0.25, 0.3) is 0 Å². The molecule has 0 aliphatic heterocycles. The predicted molar refractivity (Wildman–Crippen MR) is 78.4 cm³/mol. The van der Waals surface area contributed by atoms with E-state index in [0.29, 0.717) is 0 Å². The summed E-state index contributed by atoms with van der Waals surface area (Å²) < 4.78 is 2.92. The smallest absolute Gasteiger partial charge is 0.0904 e. The lowest BCUT2D eigenvalue weighted by molar-refractivity contribution is 0.519. The number of pyridine rings is 1. The van der Waals surface area contributed by atoms with Gasteiger partial charge in [0.2, 0.25) is 0 Å². The summed E-state index contributed by atoms with van der Waals surface area (Å²) in [6.45, 7) is 4.95. The average molecular weight is 324 g/mol. The number of hydrogen-bond donors (Lipinski definition) is 2. The molecule has 0 aromatic carbocycles. The molecule has 2 rings (SSSR count). The third-order valence-corrected chi connectivity index (χ3v) is 3.59. The van der Waals surface area contributed by atoms with Gasteiger partial charge in [-0.2, -0.15) is 5.10 Å². The second-order valence-corrected chi connectivity index (χ2v) is 5.29. The van der Waals surface area contributed by atoms with Crippen LogP contribution in [0.15, 0.2) is 29.0 Å². The van der Waals surface area contributed by atoms with E-state index in [1.807, 2.05) is 29.9 Å². The van der Waals surface area contributed by atoms with Crippen molar-refractivity contribution in [1.29, 1.82) is 0 Å². The molecule has 0 saturated heterocycles. The van der Waals surface area contributed by atoms with E-state index in [1.165, 1.54) is 0 Å². The predicted octanol–water partition coefficient (Wildman–Crippen LogP) is 2.31. The van der Waals surface area contributed by atoms with Crippen LogP contribution >= 0.6 is 15.9 Å². The summed E-state index contributed by atoms with van der Waals surface area (Å²) in [5.74, 6) is 5.73. The molecule has 3 N–H and O–H groups in total. The van der Waals surface area contributed by atoms with Crippen molar-refractivity contribution >= 4 is 15.9 Å². The van der Waals surface area contributed by atoms with Crippen LogP contribution in [-0.4, -0.2) is 14.8 Å². The fourth-order valence-corrected chi connectivity index (χ4v) is 2.56. The monoisotopic (exact) mass is 323 g/mol. The minimum Gasteiger partial charge on any atom is -0.271 e. The molecule has 0 radical (unpaired) electrons. The van der Waals surface area contributed by atoms with Crippen LogP contribution in [0.2, 0.25) is 0 Å². The van der Waals surface area contributed by atoms with Gasteiger partial charge in [-0.3, -0.25) is 15.5 Å². The van der Waals surface area contributed by atoms with Crippen molar-refractivity contribution < 1.29 is 0 Å². The van der Waals surface area contributed by atoms with Crippen molar-refractivity contribution in [2.24, 2.45) is 5.84 Å². The Morgan fingerprint density at radius 3 is 2.79 bits per heavy atom. The van der Waals surface area contributed by atoms with E-state index < -0.39 is 0 Å². The maximum absolute atomic E-state index is 5.73. The zero-order valence-electron chi connectivity index (χ0n) is 11.1. The van der Waals surface area contributed by atoms with Gasteiger partial charge in [-0.15, -0.1) is 0 Å². The van der Waals surface area contributed by atoms with Gasteiger partial charge in [0.05, 0.1) is 22.4 Å². The van der Waals surface area contributed by atoms with Crippen LogP contribution in [0.4, 0.5) is 0 Å². The molecular formula is C13H18BrN5. The number of aryl methyl sites for hydroxylation is 2. The summed E-state index contributed by atoms with van der Waals surface area (Å²) in [6, 6.07) is 3.88. The molecule has 19 heavy (non-hydrogen) atoms. The van der Waals surface area contributed by atoms with Crippen LogP contribution < -0.4 is 11.3 Å². The number of nitrogens with one attached hydrogen (secondary N) is 1. The first-order chi connectivity index (χ1) is 9.17. The molecule has 2 heterocycles. The molecule has 2 aromatic rings. The Balaban J connectivity index is 2.41. The highest BCUT2D eigenvalue weighted by atomic mass is 79.9. The number of nitrogens with zero attached hydrogens (tertiary/aromatic N) is 3. The highest BCUT2D eigenvalue weighted by Crippen LogP contribution is 2.28. The standard InChI is InChI=1S/C13H18BrN5/c1-3-6-19-13(11(14)8-17-19)12(18-15)10-5-4-9(2)16-7-10/h4-5,7-8,12,18H,3,6,15H2,1-2H3. The second-order valence-electron chi connectivity index (χ2n) is 4.43. The van der Waals surface area contributed by atoms with E-state index in [1.54, 1.807) is 6.20 Å². The van der Waals surface area contributed by atoms with E-state index in [2.05, 4.69) is 38.4 Å². The second kappa shape index (κ2) is 6.27. The van der Waals surface area contributed by atoms with Crippen molar-refractivity contribution in [2.75, 3.05) is 0 Å². The molecule has 0 aliphatic carbocycles. The maximum atomic E-state index is 5.73. The number of hydrogen-bond acceptors (Lipinski definition) is 4. The summed E-state index contributed by atoms with van der Waals surface area (Å²) in [7, 11) is 0. The van der Waals surface area contributed by atoms with Gasteiger partial charge >= 0.3 is 0 Å². The van der Waals surface area contributed by atoms with Gasteiger partial charge in [0.1, 0.15) is 0 Å². The Bertz CT molecular complexity index is 534. The number of aromatic nitrogens is 3. The van der Waals surface area contributed by atoms with Gasteiger partial charge in [-0.1, -0.05) is 13.0 Å². The van der Waals surface area contributed by atoms with Crippen molar-refractivity contribution in [1.82, 2.24) is 20.2 Å². The summed E-state index contributed by atoms with van der Waals surface area (Å²) in [6.07, 6.45) is 4.66. The highest BCUT2D eigenvalue weighted by Gasteiger charge is 2.20. The average Bonchev–Trinajstić information content (AvgIpc) is 2.76. The summed E-state index contributed by atoms with van der Waals surface area (Å²) in [5, 5.41) is 4.37. The highest BCUT2D eigenvalue weighted by molar-refractivity contribution is 9.10. The van der Waals surface area contributed by atoms with Crippen LogP contribution in [-0.2, 0) is 6.54 Å². The van der Waals surface area contributed by atoms with Gasteiger partial charge in [0.15, 0.2) is 0 Å². The number of rotatable bonds is 5. The molecule has 6 heteroatoms. The molecule has 0 bridgehead atoms. The van der Waals surface area contributed by atoms with E-state index in [4.69, 9.17) is 5.84 Å². The molecule has 0 amide bonds. The SMILES string of the molecule is CCCn1ncc(Br)c1C(NN)c1ccc(C)nc1. The van der Waals surface area contributed by atoms with E-state index in [9.17, 15) is 0 Å². The first-order valence-corrected chi connectivity index (χ1v) is 7.06. The van der Waals surface area contributed by atoms with E-state index >= 15 is 0 Å². The number of hydrazine groups is 1. The Morgan fingerprint density at radius 2 is 2.21 bits per heavy atom. The molecule has 0 spiro atoms. The van der Waals surface area contributed by atoms with Gasteiger partial charge < -0.3 is 0 Å². The Hall–Kier alpha value is -1.24. The van der Waals surface area contributed by atoms with Gasteiger partial charge in [-0.05, 0) is 40.9 Å². The van der Waals surface area contributed by atoms with E-state index in [0.717, 1.165) is 34.4 Å². The molecule has 102 valence electrons. The third kappa shape index (κ3) is 3.02. The molecule has 0 fully saturated rings. The van der Waals surface area contributed by atoms with Gasteiger partial charge in [-0.25, -0.2) is 5.43 Å². The molecular weight excluding hydrogens is 306 g/mol. The Morgan fingerprint density at radius 1 is 1.42 bits per heavy atom. The lowest BCUT2D eigenvalue weighted by atomic mass is 10.1. The molecule has 2 aromatic heterocycles. The fourth-order valence-electron chi connectivity index (χ4n) is 2.03. The van der Waals surface area contributed by atoms with Crippen LogP contribution in [0.5, 0.6) is 0 Å². The first-order valence-electron chi connectivity index (χ1n) is 6.27. The minimum absolute atomic E-state index is 0.128. The Kier molecular flexibility index (Phi) is 4.68. The number of halogens is 1. The van der Waals surface area contributed by atoms with E-state index in [-0.39, 0.29) is 6.04 Å². The summed E-state index contributed by atoms with van der Waals surface area (Å²) in [5.41, 5.74) is 5.88. The molecule has 1 unspecified atom stereocenters. The van der Waals surface area contributed by atoms with Crippen molar-refractivity contribution in [3.05, 3.63) is 46.0 Å².